The minimum Gasteiger partial charge on any atom is -0.497 e. The van der Waals surface area contributed by atoms with Crippen LogP contribution in [0.25, 0.3) is 22.2 Å². The molecule has 4 fully saturated rings. The molecule has 15 heteroatoms. The Balaban J connectivity index is 1.21. The lowest BCUT2D eigenvalue weighted by Crippen LogP contribution is -2.57. The molecule has 2 aromatic carbocycles. The van der Waals surface area contributed by atoms with Gasteiger partial charge in [-0.3, -0.25) is 28.7 Å². The number of benzene rings is 2. The van der Waals surface area contributed by atoms with E-state index in [-0.39, 0.29) is 44.0 Å². The number of nitrogens with one attached hydrogen (secondary N) is 2. The van der Waals surface area contributed by atoms with Gasteiger partial charge in [0.2, 0.25) is 27.7 Å². The lowest BCUT2D eigenvalue weighted by molar-refractivity contribution is -0.149. The summed E-state index contributed by atoms with van der Waals surface area (Å²) in [6, 6.07) is 15.7. The summed E-state index contributed by atoms with van der Waals surface area (Å²) in [4.78, 5) is 76.7. The number of amides is 4. The summed E-state index contributed by atoms with van der Waals surface area (Å²) in [7, 11) is -2.35. The number of methoxy groups -OCH3 is 1. The van der Waals surface area contributed by atoms with Crippen molar-refractivity contribution in [2.75, 3.05) is 26.7 Å². The maximum atomic E-state index is 14.9. The minimum atomic E-state index is -3.92. The molecular weight excluding hydrogens is 763 g/mol. The van der Waals surface area contributed by atoms with Crippen molar-refractivity contribution in [3.05, 3.63) is 67.3 Å². The number of fused-ring (bicyclic) bond motifs is 1. The number of aromatic nitrogens is 1. The van der Waals surface area contributed by atoms with Gasteiger partial charge in [-0.05, 0) is 43.2 Å². The molecule has 3 heterocycles. The molecule has 3 aromatic rings. The Morgan fingerprint density at radius 3 is 2.47 bits per heavy atom. The fourth-order valence-corrected chi connectivity index (χ4v) is 9.41. The molecule has 2 saturated heterocycles. The van der Waals surface area contributed by atoms with Gasteiger partial charge in [-0.1, -0.05) is 57.2 Å². The van der Waals surface area contributed by atoms with Gasteiger partial charge in [-0.25, -0.2) is 13.4 Å². The summed E-state index contributed by atoms with van der Waals surface area (Å²) in [5, 5.41) is 2.86. The highest BCUT2D eigenvalue weighted by Gasteiger charge is 2.62. The second-order valence-corrected chi connectivity index (χ2v) is 19.0. The molecule has 14 nitrogen and oxygen atoms in total. The van der Waals surface area contributed by atoms with Crippen molar-refractivity contribution < 1.29 is 41.9 Å². The normalized spacial score (nSPS) is 23.9. The quantitative estimate of drug-likeness (QED) is 0.238. The van der Waals surface area contributed by atoms with Crippen LogP contribution in [0.15, 0.2) is 67.3 Å². The third-order valence-corrected chi connectivity index (χ3v) is 13.6. The van der Waals surface area contributed by atoms with Crippen molar-refractivity contribution in [2.24, 2.45) is 17.3 Å². The summed E-state index contributed by atoms with van der Waals surface area (Å²) in [6.45, 7) is 9.74. The van der Waals surface area contributed by atoms with Crippen LogP contribution in [0.2, 0.25) is 0 Å². The van der Waals surface area contributed by atoms with Crippen LogP contribution in [-0.4, -0.2) is 102 Å². The van der Waals surface area contributed by atoms with E-state index in [1.807, 2.05) is 63.2 Å². The Labute approximate surface area is 338 Å². The lowest BCUT2D eigenvalue weighted by atomic mass is 9.77. The van der Waals surface area contributed by atoms with Gasteiger partial charge in [-0.15, -0.1) is 6.58 Å². The molecule has 1 aromatic heterocycles. The number of likely N-dealkylation sites (tertiary alicyclic amines) is 2. The molecule has 58 heavy (non-hydrogen) atoms. The second kappa shape index (κ2) is 15.8. The van der Waals surface area contributed by atoms with Gasteiger partial charge in [0.15, 0.2) is 5.78 Å². The molecule has 2 N–H and O–H groups in total. The van der Waals surface area contributed by atoms with Crippen LogP contribution in [0.3, 0.4) is 0 Å². The summed E-state index contributed by atoms with van der Waals surface area (Å²) >= 11 is 0. The van der Waals surface area contributed by atoms with E-state index in [4.69, 9.17) is 14.5 Å². The SMILES string of the molecule is C=C[C@@H]1C[C@]1(NC(=O)[C@@H]1C[C@@H](Oc2cc(-c3ccccc3)nc3cc(OC)ccc23)CN1C(=O)C(CC(=O)N1CCCC(=O)C1)C(C)(C)C)C(=O)NS(=O)(=O)C1CC1. The number of carbonyl (C=O) groups excluding carboxylic acids is 5. The number of rotatable bonds is 13. The molecular formula is C43H51N5O9S. The van der Waals surface area contributed by atoms with Gasteiger partial charge in [0.05, 0.1) is 42.6 Å². The highest BCUT2D eigenvalue weighted by molar-refractivity contribution is 7.91. The number of nitrogens with zero attached hydrogens (tertiary/aromatic N) is 3. The molecule has 2 aliphatic heterocycles. The zero-order chi connectivity index (χ0) is 41.6. The first-order valence-corrected chi connectivity index (χ1v) is 21.4. The summed E-state index contributed by atoms with van der Waals surface area (Å²) < 4.78 is 40.0. The van der Waals surface area contributed by atoms with Gasteiger partial charge < -0.3 is 24.6 Å². The van der Waals surface area contributed by atoms with Gasteiger partial charge in [0, 0.05) is 54.8 Å². The predicted octanol–water partition coefficient (Wildman–Crippen LogP) is 4.17. The van der Waals surface area contributed by atoms with E-state index in [1.54, 1.807) is 19.2 Å². The largest absolute Gasteiger partial charge is 0.497 e. The van der Waals surface area contributed by atoms with Crippen LogP contribution >= 0.6 is 0 Å². The van der Waals surface area contributed by atoms with E-state index >= 15 is 0 Å². The van der Waals surface area contributed by atoms with Crippen molar-refractivity contribution in [1.29, 1.82) is 0 Å². The number of hydrogen-bond acceptors (Lipinski definition) is 10. The Kier molecular flexibility index (Phi) is 11.1. The number of Topliss-reactive ketones (excluding diaryl/α,β-unsaturated/α-hetero) is 1. The molecule has 0 spiro atoms. The van der Waals surface area contributed by atoms with Crippen molar-refractivity contribution in [3.63, 3.8) is 0 Å². The zero-order valence-electron chi connectivity index (χ0n) is 33.4. The first-order valence-electron chi connectivity index (χ1n) is 19.8. The number of hydrogen-bond donors (Lipinski definition) is 2. The molecule has 1 unspecified atom stereocenters. The van der Waals surface area contributed by atoms with Crippen molar-refractivity contribution in [1.82, 2.24) is 24.8 Å². The smallest absolute Gasteiger partial charge is 0.259 e. The number of piperidine rings is 1. The first-order chi connectivity index (χ1) is 27.5. The lowest BCUT2D eigenvalue weighted by Gasteiger charge is -2.36. The highest BCUT2D eigenvalue weighted by atomic mass is 32.2. The van der Waals surface area contributed by atoms with Crippen LogP contribution < -0.4 is 19.5 Å². The maximum absolute atomic E-state index is 14.9. The van der Waals surface area contributed by atoms with Crippen molar-refractivity contribution in [3.8, 4) is 22.8 Å². The summed E-state index contributed by atoms with van der Waals surface area (Å²) in [5.41, 5.74) is -0.215. The molecule has 2 aliphatic carbocycles. The third kappa shape index (κ3) is 8.45. The summed E-state index contributed by atoms with van der Waals surface area (Å²) in [6.07, 6.45) is 2.64. The average molecular weight is 814 g/mol. The third-order valence-electron chi connectivity index (χ3n) is 11.8. The number of pyridine rings is 1. The van der Waals surface area contributed by atoms with E-state index in [9.17, 15) is 32.4 Å². The zero-order valence-corrected chi connectivity index (χ0v) is 34.2. The van der Waals surface area contributed by atoms with E-state index < -0.39 is 67.9 Å². The van der Waals surface area contributed by atoms with E-state index in [0.717, 1.165) is 5.56 Å². The molecule has 0 bridgehead atoms. The van der Waals surface area contributed by atoms with Crippen LogP contribution in [0.1, 0.15) is 65.7 Å². The van der Waals surface area contributed by atoms with Gasteiger partial charge in [0.1, 0.15) is 29.2 Å². The number of sulfonamides is 1. The van der Waals surface area contributed by atoms with Gasteiger partial charge in [0.25, 0.3) is 5.91 Å². The van der Waals surface area contributed by atoms with Crippen LogP contribution in [0, 0.1) is 17.3 Å². The second-order valence-electron chi connectivity index (χ2n) is 17.0. The fourth-order valence-electron chi connectivity index (χ4n) is 8.05. The standard InChI is InChI=1S/C43H51N5O9S/c1-6-27-23-43(27,41(53)46-58(54,55)31-15-16-31)45-39(51)36-20-30(25-48(36)40(52)33(42(2,3)4)21-38(50)47-18-10-13-28(49)24-47)57-37-22-34(26-11-8-7-9-12-26)44-35-19-29(56-5)14-17-32(35)37/h6-9,11-12,14,17,19,22,27,30-31,33,36H,1,10,13,15-16,18,20-21,23-25H2,2-5H3,(H,45,51)(H,46,53)/t27-,30-,33?,36+,43-/m1/s1. The Bertz CT molecular complexity index is 2250. The van der Waals surface area contributed by atoms with Crippen LogP contribution in [0.5, 0.6) is 11.5 Å². The van der Waals surface area contributed by atoms with Crippen LogP contribution in [0.4, 0.5) is 0 Å². The molecule has 5 atom stereocenters. The molecule has 2 saturated carbocycles. The number of ketones is 1. The summed E-state index contributed by atoms with van der Waals surface area (Å²) in [5.74, 6) is -2.65. The first kappa shape index (κ1) is 40.9. The van der Waals surface area contributed by atoms with E-state index in [1.165, 1.54) is 15.9 Å². The van der Waals surface area contributed by atoms with Gasteiger partial charge >= 0.3 is 0 Å². The molecule has 4 aliphatic rings. The Morgan fingerprint density at radius 2 is 1.83 bits per heavy atom. The van der Waals surface area contributed by atoms with Crippen molar-refractivity contribution in [2.45, 2.75) is 88.7 Å². The molecule has 4 amide bonds. The van der Waals surface area contributed by atoms with E-state index in [0.29, 0.717) is 60.3 Å². The average Bonchev–Trinajstić information content (AvgIpc) is 4.13. The molecule has 0 radical (unpaired) electrons. The monoisotopic (exact) mass is 813 g/mol. The minimum absolute atomic E-state index is 0.00361. The van der Waals surface area contributed by atoms with Gasteiger partial charge in [-0.2, -0.15) is 0 Å². The molecule has 308 valence electrons. The maximum Gasteiger partial charge on any atom is 0.259 e. The highest BCUT2D eigenvalue weighted by Crippen LogP contribution is 2.46. The van der Waals surface area contributed by atoms with E-state index in [2.05, 4.69) is 16.6 Å². The molecule has 7 rings (SSSR count). The fraction of sp³-hybridized carbons (Fsp3) is 0.488. The number of carbonyl (C=O) groups is 5. The van der Waals surface area contributed by atoms with Crippen LogP contribution in [-0.2, 0) is 34.0 Å². The van der Waals surface area contributed by atoms with Crippen molar-refractivity contribution >= 4 is 50.3 Å². The Morgan fingerprint density at radius 1 is 1.09 bits per heavy atom. The topological polar surface area (TPSA) is 181 Å². The number of ether oxygens (including phenoxy) is 2. The predicted molar refractivity (Wildman–Crippen MR) is 216 cm³/mol. The Hall–Kier alpha value is -5.31.